The van der Waals surface area contributed by atoms with E-state index in [4.69, 9.17) is 28.9 Å². The van der Waals surface area contributed by atoms with E-state index in [1.165, 1.54) is 6.07 Å². The molecule has 0 aliphatic rings. The van der Waals surface area contributed by atoms with Crippen LogP contribution < -0.4 is 11.1 Å². The number of primary amides is 1. The second-order valence-electron chi connectivity index (χ2n) is 4.91. The van der Waals surface area contributed by atoms with Crippen LogP contribution in [0, 0.1) is 0 Å². The highest BCUT2D eigenvalue weighted by atomic mass is 35.5. The van der Waals surface area contributed by atoms with E-state index in [1.807, 2.05) is 0 Å². The fourth-order valence-corrected chi connectivity index (χ4v) is 2.41. The van der Waals surface area contributed by atoms with Crippen molar-refractivity contribution in [2.45, 2.75) is 12.5 Å². The first kappa shape index (κ1) is 16.3. The maximum Gasteiger partial charge on any atom is 0.253 e. The highest BCUT2D eigenvalue weighted by molar-refractivity contribution is 6.43. The van der Waals surface area contributed by atoms with Crippen molar-refractivity contribution in [2.75, 3.05) is 0 Å². The number of amides is 2. The molecule has 2 aromatic rings. The molecule has 0 radical (unpaired) electrons. The molecule has 0 aromatic heterocycles. The quantitative estimate of drug-likeness (QED) is 0.900. The highest BCUT2D eigenvalue weighted by Gasteiger charge is 2.35. The summed E-state index contributed by atoms with van der Waals surface area (Å²) in [6.45, 7) is 1.54. The summed E-state index contributed by atoms with van der Waals surface area (Å²) in [7, 11) is 0. The van der Waals surface area contributed by atoms with Gasteiger partial charge in [-0.05, 0) is 24.6 Å². The Morgan fingerprint density at radius 1 is 1.05 bits per heavy atom. The predicted octanol–water partition coefficient (Wildman–Crippen LogP) is 3.12. The van der Waals surface area contributed by atoms with Gasteiger partial charge in [0.1, 0.15) is 5.54 Å². The normalized spacial score (nSPS) is 13.2. The van der Waals surface area contributed by atoms with Crippen molar-refractivity contribution >= 4 is 35.0 Å². The van der Waals surface area contributed by atoms with Crippen LogP contribution in [0.5, 0.6) is 0 Å². The lowest BCUT2D eigenvalue weighted by Gasteiger charge is -2.28. The Kier molecular flexibility index (Phi) is 4.74. The van der Waals surface area contributed by atoms with Crippen LogP contribution in [-0.4, -0.2) is 11.8 Å². The molecule has 0 aliphatic heterocycles. The number of benzene rings is 2. The van der Waals surface area contributed by atoms with E-state index in [-0.39, 0.29) is 15.6 Å². The van der Waals surface area contributed by atoms with Gasteiger partial charge in [-0.3, -0.25) is 9.59 Å². The van der Waals surface area contributed by atoms with Crippen LogP contribution in [0.25, 0.3) is 0 Å². The third-order valence-electron chi connectivity index (χ3n) is 3.40. The standard InChI is InChI=1S/C16H14Cl2N2O2/c1-16(15(19)22,10-6-3-2-4-7-10)20-14(21)11-8-5-9-12(17)13(11)18/h2-9H,1H3,(H2,19,22)(H,20,21)/t16-/m1/s1. The Morgan fingerprint density at radius 3 is 2.27 bits per heavy atom. The van der Waals surface area contributed by atoms with Crippen molar-refractivity contribution in [3.8, 4) is 0 Å². The third-order valence-corrected chi connectivity index (χ3v) is 4.22. The van der Waals surface area contributed by atoms with Gasteiger partial charge in [0.25, 0.3) is 5.91 Å². The molecule has 2 amide bonds. The van der Waals surface area contributed by atoms with Crippen molar-refractivity contribution in [2.24, 2.45) is 5.73 Å². The van der Waals surface area contributed by atoms with Gasteiger partial charge in [0.05, 0.1) is 15.6 Å². The lowest BCUT2D eigenvalue weighted by atomic mass is 9.91. The number of carbonyl (C=O) groups is 2. The van der Waals surface area contributed by atoms with E-state index in [1.54, 1.807) is 49.4 Å². The van der Waals surface area contributed by atoms with Crippen molar-refractivity contribution in [1.29, 1.82) is 0 Å². The minimum absolute atomic E-state index is 0.126. The number of halogens is 2. The minimum atomic E-state index is -1.36. The SMILES string of the molecule is C[C@](NC(=O)c1cccc(Cl)c1Cl)(C(N)=O)c1ccccc1. The van der Waals surface area contributed by atoms with Crippen LogP contribution in [0.3, 0.4) is 0 Å². The summed E-state index contributed by atoms with van der Waals surface area (Å²) in [6, 6.07) is 13.5. The summed E-state index contributed by atoms with van der Waals surface area (Å²) < 4.78 is 0. The smallest absolute Gasteiger partial charge is 0.253 e. The molecule has 0 fully saturated rings. The van der Waals surface area contributed by atoms with Crippen molar-refractivity contribution in [3.63, 3.8) is 0 Å². The molecule has 3 N–H and O–H groups in total. The first-order valence-corrected chi connectivity index (χ1v) is 7.24. The summed E-state index contributed by atoms with van der Waals surface area (Å²) in [4.78, 5) is 24.3. The lowest BCUT2D eigenvalue weighted by Crippen LogP contribution is -2.52. The molecule has 2 aromatic carbocycles. The number of hydrogen-bond donors (Lipinski definition) is 2. The van der Waals surface area contributed by atoms with Gasteiger partial charge in [0, 0.05) is 0 Å². The van der Waals surface area contributed by atoms with Crippen LogP contribution in [0.1, 0.15) is 22.8 Å². The first-order valence-electron chi connectivity index (χ1n) is 6.48. The Hall–Kier alpha value is -2.04. The predicted molar refractivity (Wildman–Crippen MR) is 86.9 cm³/mol. The Labute approximate surface area is 138 Å². The van der Waals surface area contributed by atoms with Crippen molar-refractivity contribution < 1.29 is 9.59 Å². The number of nitrogens with two attached hydrogens (primary N) is 1. The molecular weight excluding hydrogens is 323 g/mol. The van der Waals surface area contributed by atoms with Crippen LogP contribution in [0.15, 0.2) is 48.5 Å². The van der Waals surface area contributed by atoms with Gasteiger partial charge in [-0.15, -0.1) is 0 Å². The average molecular weight is 337 g/mol. The molecule has 6 heteroatoms. The molecule has 2 rings (SSSR count). The van der Waals surface area contributed by atoms with Gasteiger partial charge in [-0.1, -0.05) is 59.6 Å². The molecule has 1 atom stereocenters. The van der Waals surface area contributed by atoms with E-state index in [2.05, 4.69) is 5.32 Å². The minimum Gasteiger partial charge on any atom is -0.367 e. The van der Waals surface area contributed by atoms with Gasteiger partial charge in [0.15, 0.2) is 0 Å². The molecule has 0 aliphatic carbocycles. The molecule has 0 saturated carbocycles. The number of nitrogens with one attached hydrogen (secondary N) is 1. The topological polar surface area (TPSA) is 72.2 Å². The van der Waals surface area contributed by atoms with Gasteiger partial charge in [-0.2, -0.15) is 0 Å². The highest BCUT2D eigenvalue weighted by Crippen LogP contribution is 2.27. The second-order valence-corrected chi connectivity index (χ2v) is 5.70. The first-order chi connectivity index (χ1) is 10.4. The molecule has 0 saturated heterocycles. The van der Waals surface area contributed by atoms with E-state index >= 15 is 0 Å². The zero-order chi connectivity index (χ0) is 16.3. The summed E-state index contributed by atoms with van der Waals surface area (Å²) in [6.07, 6.45) is 0. The monoisotopic (exact) mass is 336 g/mol. The fraction of sp³-hybridized carbons (Fsp3) is 0.125. The molecule has 0 heterocycles. The number of carbonyl (C=O) groups excluding carboxylic acids is 2. The Bertz CT molecular complexity index is 719. The van der Waals surface area contributed by atoms with Crippen LogP contribution >= 0.6 is 23.2 Å². The van der Waals surface area contributed by atoms with E-state index < -0.39 is 17.4 Å². The van der Waals surface area contributed by atoms with Crippen LogP contribution in [0.2, 0.25) is 10.0 Å². The van der Waals surface area contributed by atoms with Gasteiger partial charge in [-0.25, -0.2) is 0 Å². The van der Waals surface area contributed by atoms with Gasteiger partial charge >= 0.3 is 0 Å². The van der Waals surface area contributed by atoms with E-state index in [0.717, 1.165) is 0 Å². The number of rotatable bonds is 4. The molecule has 0 unspecified atom stereocenters. The Morgan fingerprint density at radius 2 is 1.68 bits per heavy atom. The second kappa shape index (κ2) is 6.38. The van der Waals surface area contributed by atoms with Crippen molar-refractivity contribution in [3.05, 3.63) is 69.7 Å². The van der Waals surface area contributed by atoms with Crippen LogP contribution in [0.4, 0.5) is 0 Å². The fourth-order valence-electron chi connectivity index (χ4n) is 2.02. The maximum absolute atomic E-state index is 12.4. The van der Waals surface area contributed by atoms with Crippen LogP contribution in [-0.2, 0) is 10.3 Å². The summed E-state index contributed by atoms with van der Waals surface area (Å²) in [5, 5.41) is 3.02. The number of hydrogen-bond acceptors (Lipinski definition) is 2. The van der Waals surface area contributed by atoms with E-state index in [0.29, 0.717) is 5.56 Å². The summed E-state index contributed by atoms with van der Waals surface area (Å²) in [5.41, 5.74) is 4.88. The maximum atomic E-state index is 12.4. The zero-order valence-electron chi connectivity index (χ0n) is 11.8. The average Bonchev–Trinajstić information content (AvgIpc) is 2.50. The zero-order valence-corrected chi connectivity index (χ0v) is 13.3. The van der Waals surface area contributed by atoms with Gasteiger partial charge < -0.3 is 11.1 Å². The molecular formula is C16H14Cl2N2O2. The molecule has 0 bridgehead atoms. The van der Waals surface area contributed by atoms with Crippen molar-refractivity contribution in [1.82, 2.24) is 5.32 Å². The summed E-state index contributed by atoms with van der Waals surface area (Å²) >= 11 is 11.9. The van der Waals surface area contributed by atoms with Gasteiger partial charge in [0.2, 0.25) is 5.91 Å². The Balaban J connectivity index is 2.39. The van der Waals surface area contributed by atoms with E-state index in [9.17, 15) is 9.59 Å². The largest absolute Gasteiger partial charge is 0.367 e. The molecule has 4 nitrogen and oxygen atoms in total. The molecule has 114 valence electrons. The molecule has 0 spiro atoms. The summed E-state index contributed by atoms with van der Waals surface area (Å²) in [5.74, 6) is -1.21. The lowest BCUT2D eigenvalue weighted by molar-refractivity contribution is -0.123. The molecule has 22 heavy (non-hydrogen) atoms. The third kappa shape index (κ3) is 3.08.